The molecule has 6 heteroatoms. The second-order valence-electron chi connectivity index (χ2n) is 8.10. The Labute approximate surface area is 165 Å². The number of aromatic nitrogens is 1. The van der Waals surface area contributed by atoms with Crippen molar-refractivity contribution in [3.63, 3.8) is 0 Å². The first-order valence-electron chi connectivity index (χ1n) is 10.2. The first-order chi connectivity index (χ1) is 13.4. The summed E-state index contributed by atoms with van der Waals surface area (Å²) < 4.78 is 11.2. The Morgan fingerprint density at radius 2 is 1.89 bits per heavy atom. The molecule has 1 saturated heterocycles. The predicted molar refractivity (Wildman–Crippen MR) is 106 cm³/mol. The summed E-state index contributed by atoms with van der Waals surface area (Å²) in [5.41, 5.74) is 4.15. The van der Waals surface area contributed by atoms with Crippen LogP contribution in [0.15, 0.2) is 18.2 Å². The van der Waals surface area contributed by atoms with Gasteiger partial charge in [-0.1, -0.05) is 0 Å². The number of aryl methyl sites for hydroxylation is 2. The zero-order valence-corrected chi connectivity index (χ0v) is 16.8. The average molecular weight is 384 g/mol. The van der Waals surface area contributed by atoms with Crippen LogP contribution in [0.5, 0.6) is 0 Å². The van der Waals surface area contributed by atoms with Gasteiger partial charge >= 0.3 is 5.97 Å². The van der Waals surface area contributed by atoms with E-state index in [4.69, 9.17) is 9.47 Å². The van der Waals surface area contributed by atoms with Gasteiger partial charge in [-0.15, -0.1) is 0 Å². The number of aromatic amines is 1. The summed E-state index contributed by atoms with van der Waals surface area (Å²) in [5.74, 6) is -0.627. The van der Waals surface area contributed by atoms with Gasteiger partial charge in [-0.2, -0.15) is 0 Å². The quantitative estimate of drug-likeness (QED) is 0.825. The molecule has 4 rings (SSSR count). The summed E-state index contributed by atoms with van der Waals surface area (Å²) in [6, 6.07) is 5.60. The van der Waals surface area contributed by atoms with E-state index in [9.17, 15) is 9.59 Å². The van der Waals surface area contributed by atoms with E-state index >= 15 is 0 Å². The van der Waals surface area contributed by atoms with Gasteiger partial charge in [-0.25, -0.2) is 4.79 Å². The molecule has 1 fully saturated rings. The highest BCUT2D eigenvalue weighted by molar-refractivity contribution is 5.97. The molecule has 3 atom stereocenters. The van der Waals surface area contributed by atoms with Crippen molar-refractivity contribution < 1.29 is 19.1 Å². The van der Waals surface area contributed by atoms with Gasteiger partial charge in [-0.05, 0) is 70.2 Å². The molecule has 1 aromatic carbocycles. The smallest absolute Gasteiger partial charge is 0.338 e. The van der Waals surface area contributed by atoms with Crippen molar-refractivity contribution in [1.82, 2.24) is 9.88 Å². The van der Waals surface area contributed by atoms with Crippen molar-refractivity contribution >= 4 is 22.8 Å². The van der Waals surface area contributed by atoms with Crippen molar-refractivity contribution in [1.29, 1.82) is 0 Å². The van der Waals surface area contributed by atoms with Gasteiger partial charge in [0.1, 0.15) is 0 Å². The number of esters is 1. The van der Waals surface area contributed by atoms with E-state index in [1.807, 2.05) is 26.0 Å². The number of carbonyl (C=O) groups excluding carboxylic acids is 2. The minimum absolute atomic E-state index is 0.0159. The largest absolute Gasteiger partial charge is 0.449 e. The highest BCUT2D eigenvalue weighted by atomic mass is 16.5. The molecule has 1 aromatic heterocycles. The Morgan fingerprint density at radius 1 is 1.18 bits per heavy atom. The highest BCUT2D eigenvalue weighted by Crippen LogP contribution is 2.30. The molecule has 6 nitrogen and oxygen atoms in total. The van der Waals surface area contributed by atoms with Crippen LogP contribution in [0.4, 0.5) is 0 Å². The van der Waals surface area contributed by atoms with E-state index in [1.54, 1.807) is 17.9 Å². The Balaban J connectivity index is 1.47. The Morgan fingerprint density at radius 3 is 2.64 bits per heavy atom. The van der Waals surface area contributed by atoms with Crippen LogP contribution in [-0.4, -0.2) is 53.2 Å². The summed E-state index contributed by atoms with van der Waals surface area (Å²) in [6.07, 6.45) is 3.63. The van der Waals surface area contributed by atoms with Crippen LogP contribution in [0.3, 0.4) is 0 Å². The number of benzene rings is 1. The van der Waals surface area contributed by atoms with Crippen molar-refractivity contribution in [3.8, 4) is 0 Å². The molecule has 0 spiro atoms. The van der Waals surface area contributed by atoms with Gasteiger partial charge in [0, 0.05) is 29.7 Å². The summed E-state index contributed by atoms with van der Waals surface area (Å²) in [4.78, 5) is 30.6. The zero-order chi connectivity index (χ0) is 19.8. The van der Waals surface area contributed by atoms with Crippen LogP contribution in [0.1, 0.15) is 55.2 Å². The highest BCUT2D eigenvalue weighted by Gasteiger charge is 2.30. The van der Waals surface area contributed by atoms with E-state index < -0.39 is 12.1 Å². The molecule has 3 unspecified atom stereocenters. The number of fused-ring (bicyclic) bond motifs is 3. The fourth-order valence-electron chi connectivity index (χ4n) is 4.43. The van der Waals surface area contributed by atoms with Crippen molar-refractivity contribution in [2.75, 3.05) is 13.1 Å². The zero-order valence-electron chi connectivity index (χ0n) is 16.8. The number of hydrogen-bond donors (Lipinski definition) is 1. The molecule has 1 amide bonds. The average Bonchev–Trinajstić information content (AvgIpc) is 3.04. The van der Waals surface area contributed by atoms with Crippen molar-refractivity contribution in [2.24, 2.45) is 0 Å². The fourth-order valence-corrected chi connectivity index (χ4v) is 4.43. The normalized spacial score (nSPS) is 23.3. The lowest BCUT2D eigenvalue weighted by molar-refractivity contribution is -0.151. The topological polar surface area (TPSA) is 71.6 Å². The summed E-state index contributed by atoms with van der Waals surface area (Å²) >= 11 is 0. The third-order valence-corrected chi connectivity index (χ3v) is 5.70. The maximum atomic E-state index is 12.7. The van der Waals surface area contributed by atoms with Gasteiger partial charge in [-0.3, -0.25) is 4.79 Å². The molecular weight excluding hydrogens is 356 g/mol. The minimum Gasteiger partial charge on any atom is -0.449 e. The van der Waals surface area contributed by atoms with E-state index in [2.05, 4.69) is 4.98 Å². The molecule has 1 aliphatic heterocycles. The molecule has 0 radical (unpaired) electrons. The van der Waals surface area contributed by atoms with E-state index in [1.165, 1.54) is 24.1 Å². The number of nitrogens with one attached hydrogen (secondary N) is 1. The second-order valence-corrected chi connectivity index (χ2v) is 8.10. The van der Waals surface area contributed by atoms with Crippen LogP contribution >= 0.6 is 0 Å². The summed E-state index contributed by atoms with van der Waals surface area (Å²) in [7, 11) is 0. The molecule has 150 valence electrons. The number of carbonyl (C=O) groups is 2. The van der Waals surface area contributed by atoms with Crippen LogP contribution < -0.4 is 0 Å². The van der Waals surface area contributed by atoms with Gasteiger partial charge in [0.05, 0.1) is 17.8 Å². The van der Waals surface area contributed by atoms with Crippen LogP contribution in [0, 0.1) is 0 Å². The first kappa shape index (κ1) is 19.0. The standard InChI is InChI=1S/C22H28N2O4/c1-13-11-24(12-14(2)27-13)21(25)15(3)28-22(26)16-8-9-20-18(10-16)17-6-4-5-7-19(17)23-20/h8-10,13-15,23H,4-7,11-12H2,1-3H3. The molecule has 2 heterocycles. The maximum Gasteiger partial charge on any atom is 0.338 e. The van der Waals surface area contributed by atoms with Crippen LogP contribution in [0.25, 0.3) is 10.9 Å². The summed E-state index contributed by atoms with van der Waals surface area (Å²) in [6.45, 7) is 6.57. The lowest BCUT2D eigenvalue weighted by Crippen LogP contribution is -2.51. The monoisotopic (exact) mass is 384 g/mol. The maximum absolute atomic E-state index is 12.7. The van der Waals surface area contributed by atoms with E-state index in [0.717, 1.165) is 23.7 Å². The summed E-state index contributed by atoms with van der Waals surface area (Å²) in [5, 5.41) is 1.10. The lowest BCUT2D eigenvalue weighted by Gasteiger charge is -2.36. The first-order valence-corrected chi connectivity index (χ1v) is 10.2. The molecular formula is C22H28N2O4. The van der Waals surface area contributed by atoms with E-state index in [0.29, 0.717) is 18.7 Å². The number of H-pyrrole nitrogens is 1. The SMILES string of the molecule is CC1CN(C(=O)C(C)OC(=O)c2ccc3[nH]c4c(c3c2)CCCC4)CC(C)O1. The number of ether oxygens (including phenoxy) is 2. The van der Waals surface area contributed by atoms with Gasteiger partial charge in [0.15, 0.2) is 6.10 Å². The molecule has 1 N–H and O–H groups in total. The van der Waals surface area contributed by atoms with E-state index in [-0.39, 0.29) is 18.1 Å². The fraction of sp³-hybridized carbons (Fsp3) is 0.545. The van der Waals surface area contributed by atoms with Crippen molar-refractivity contribution in [3.05, 3.63) is 35.0 Å². The number of amides is 1. The molecule has 0 saturated carbocycles. The Kier molecular flexibility index (Phi) is 5.15. The number of morpholine rings is 1. The molecule has 0 bridgehead atoms. The Hall–Kier alpha value is -2.34. The molecule has 28 heavy (non-hydrogen) atoms. The molecule has 2 aliphatic rings. The number of hydrogen-bond acceptors (Lipinski definition) is 4. The molecule has 1 aliphatic carbocycles. The second kappa shape index (κ2) is 7.59. The minimum atomic E-state index is -0.819. The predicted octanol–water partition coefficient (Wildman–Crippen LogP) is 3.23. The molecule has 2 aromatic rings. The van der Waals surface area contributed by atoms with Gasteiger partial charge in [0.2, 0.25) is 0 Å². The van der Waals surface area contributed by atoms with Gasteiger partial charge < -0.3 is 19.4 Å². The number of nitrogens with zero attached hydrogens (tertiary/aromatic N) is 1. The third-order valence-electron chi connectivity index (χ3n) is 5.70. The number of rotatable bonds is 3. The Bertz CT molecular complexity index is 893. The lowest BCUT2D eigenvalue weighted by atomic mass is 9.95. The van der Waals surface area contributed by atoms with Crippen LogP contribution in [0.2, 0.25) is 0 Å². The van der Waals surface area contributed by atoms with Crippen LogP contribution in [-0.2, 0) is 27.1 Å². The van der Waals surface area contributed by atoms with Crippen molar-refractivity contribution in [2.45, 2.75) is 64.8 Å². The van der Waals surface area contributed by atoms with Gasteiger partial charge in [0.25, 0.3) is 5.91 Å². The third kappa shape index (κ3) is 3.65.